The maximum atomic E-state index is 12.2. The molecule has 0 radical (unpaired) electrons. The van der Waals surface area contributed by atoms with Gasteiger partial charge in [-0.15, -0.1) is 0 Å². The fourth-order valence-electron chi connectivity index (χ4n) is 1.86. The first-order valence-corrected chi connectivity index (χ1v) is 5.98. The molecule has 108 valence electrons. The minimum absolute atomic E-state index is 0.0377. The summed E-state index contributed by atoms with van der Waals surface area (Å²) in [6, 6.07) is 9.15. The molecule has 0 aliphatic rings. The van der Waals surface area contributed by atoms with Crippen LogP contribution in [0.1, 0.15) is 20.7 Å². The van der Waals surface area contributed by atoms with Gasteiger partial charge in [-0.1, -0.05) is 6.07 Å². The zero-order valence-corrected chi connectivity index (χ0v) is 11.0. The van der Waals surface area contributed by atoms with E-state index < -0.39 is 17.6 Å². The number of carbonyl (C=O) groups excluding carboxylic acids is 2. The van der Waals surface area contributed by atoms with Crippen molar-refractivity contribution < 1.29 is 14.7 Å². The lowest BCUT2D eigenvalue weighted by Crippen LogP contribution is -2.21. The third-order valence-electron chi connectivity index (χ3n) is 2.84. The highest BCUT2D eigenvalue weighted by Crippen LogP contribution is 2.28. The zero-order chi connectivity index (χ0) is 15.6. The molecule has 2 amide bonds. The Kier molecular flexibility index (Phi) is 3.66. The van der Waals surface area contributed by atoms with Crippen molar-refractivity contribution in [2.24, 2.45) is 5.73 Å². The minimum Gasteiger partial charge on any atom is -0.505 e. The highest BCUT2D eigenvalue weighted by Gasteiger charge is 2.21. The number of nitrogen functional groups attached to an aromatic ring is 2. The van der Waals surface area contributed by atoms with Crippen LogP contribution in [0.15, 0.2) is 36.4 Å². The molecule has 0 atom stereocenters. The lowest BCUT2D eigenvalue weighted by molar-refractivity contribution is 0.0974. The van der Waals surface area contributed by atoms with Gasteiger partial charge in [0.15, 0.2) is 5.75 Å². The van der Waals surface area contributed by atoms with E-state index in [1.165, 1.54) is 12.1 Å². The summed E-state index contributed by atoms with van der Waals surface area (Å²) in [5.41, 5.74) is 16.8. The molecule has 0 spiro atoms. The molecule has 21 heavy (non-hydrogen) atoms. The topological polar surface area (TPSA) is 144 Å². The summed E-state index contributed by atoms with van der Waals surface area (Å²) in [7, 11) is 0. The van der Waals surface area contributed by atoms with E-state index in [0.717, 1.165) is 0 Å². The van der Waals surface area contributed by atoms with Gasteiger partial charge in [0.2, 0.25) is 0 Å². The van der Waals surface area contributed by atoms with Gasteiger partial charge in [0.1, 0.15) is 0 Å². The number of hydrogen-bond acceptors (Lipinski definition) is 5. The third-order valence-corrected chi connectivity index (χ3v) is 2.84. The van der Waals surface area contributed by atoms with Crippen molar-refractivity contribution in [3.8, 4) is 5.75 Å². The van der Waals surface area contributed by atoms with E-state index in [1.54, 1.807) is 24.3 Å². The molecule has 2 aromatic rings. The van der Waals surface area contributed by atoms with E-state index in [2.05, 4.69) is 5.32 Å². The van der Waals surface area contributed by atoms with Crippen molar-refractivity contribution in [3.05, 3.63) is 47.5 Å². The van der Waals surface area contributed by atoms with Crippen molar-refractivity contribution in [2.45, 2.75) is 0 Å². The molecule has 7 heteroatoms. The van der Waals surface area contributed by atoms with Gasteiger partial charge in [-0.05, 0) is 30.3 Å². The molecular formula is C14H14N4O3. The second-order valence-corrected chi connectivity index (χ2v) is 4.37. The summed E-state index contributed by atoms with van der Waals surface area (Å²) in [4.78, 5) is 23.6. The van der Waals surface area contributed by atoms with Crippen molar-refractivity contribution in [2.75, 3.05) is 16.8 Å². The second kappa shape index (κ2) is 5.41. The number of amides is 2. The summed E-state index contributed by atoms with van der Waals surface area (Å²) in [5.74, 6) is -2.06. The molecule has 0 saturated heterocycles. The average Bonchev–Trinajstić information content (AvgIpc) is 2.41. The Bertz CT molecular complexity index is 728. The standard InChI is InChI=1S/C14H14N4O3/c15-7-2-1-3-8(6-7)18-14(21)9-4-5-10(16)12(19)11(9)13(17)20/h1-6,19H,15-16H2,(H2,17,20)(H,18,21). The largest absolute Gasteiger partial charge is 0.505 e. The molecule has 2 aromatic carbocycles. The molecule has 0 heterocycles. The van der Waals surface area contributed by atoms with Crippen LogP contribution in [0.25, 0.3) is 0 Å². The van der Waals surface area contributed by atoms with Gasteiger partial charge in [-0.2, -0.15) is 0 Å². The van der Waals surface area contributed by atoms with Gasteiger partial charge in [0.25, 0.3) is 11.8 Å². The Hall–Kier alpha value is -3.22. The molecule has 0 unspecified atom stereocenters. The van der Waals surface area contributed by atoms with E-state index in [4.69, 9.17) is 17.2 Å². The molecule has 8 N–H and O–H groups in total. The summed E-state index contributed by atoms with van der Waals surface area (Å²) >= 11 is 0. The first-order valence-electron chi connectivity index (χ1n) is 5.98. The number of primary amides is 1. The Morgan fingerprint density at radius 3 is 2.43 bits per heavy atom. The number of aromatic hydroxyl groups is 1. The summed E-state index contributed by atoms with van der Waals surface area (Å²) in [6.45, 7) is 0. The molecule has 0 aliphatic heterocycles. The Morgan fingerprint density at radius 2 is 1.81 bits per heavy atom. The average molecular weight is 286 g/mol. The van der Waals surface area contributed by atoms with Crippen molar-refractivity contribution in [1.82, 2.24) is 0 Å². The van der Waals surface area contributed by atoms with Crippen LogP contribution in [-0.4, -0.2) is 16.9 Å². The lowest BCUT2D eigenvalue weighted by Gasteiger charge is -2.11. The van der Waals surface area contributed by atoms with E-state index in [-0.39, 0.29) is 16.8 Å². The van der Waals surface area contributed by atoms with Crippen LogP contribution in [0.2, 0.25) is 0 Å². The zero-order valence-electron chi connectivity index (χ0n) is 11.0. The predicted molar refractivity (Wildman–Crippen MR) is 79.8 cm³/mol. The summed E-state index contributed by atoms with van der Waals surface area (Å²) < 4.78 is 0. The Labute approximate surface area is 120 Å². The van der Waals surface area contributed by atoms with Gasteiger partial charge < -0.3 is 27.6 Å². The highest BCUT2D eigenvalue weighted by molar-refractivity contribution is 6.13. The van der Waals surface area contributed by atoms with Gasteiger partial charge in [-0.25, -0.2) is 0 Å². The molecule has 0 aromatic heterocycles. The lowest BCUT2D eigenvalue weighted by atomic mass is 10.0. The fraction of sp³-hybridized carbons (Fsp3) is 0. The number of phenols is 1. The van der Waals surface area contributed by atoms with Crippen LogP contribution in [0.3, 0.4) is 0 Å². The van der Waals surface area contributed by atoms with E-state index in [0.29, 0.717) is 11.4 Å². The number of nitrogens with one attached hydrogen (secondary N) is 1. The van der Waals surface area contributed by atoms with Crippen molar-refractivity contribution >= 4 is 28.9 Å². The SMILES string of the molecule is NC(=O)c1c(C(=O)Nc2cccc(N)c2)ccc(N)c1O. The van der Waals surface area contributed by atoms with E-state index in [1.807, 2.05) is 0 Å². The first kappa shape index (κ1) is 14.2. The third kappa shape index (κ3) is 2.86. The second-order valence-electron chi connectivity index (χ2n) is 4.37. The van der Waals surface area contributed by atoms with Crippen LogP contribution in [0.5, 0.6) is 5.75 Å². The van der Waals surface area contributed by atoms with Crippen LogP contribution < -0.4 is 22.5 Å². The Morgan fingerprint density at radius 1 is 1.10 bits per heavy atom. The quantitative estimate of drug-likeness (QED) is 0.420. The number of anilines is 3. The molecule has 0 bridgehead atoms. The van der Waals surface area contributed by atoms with Crippen molar-refractivity contribution in [1.29, 1.82) is 0 Å². The number of hydrogen-bond donors (Lipinski definition) is 5. The van der Waals surface area contributed by atoms with Gasteiger partial charge in [0.05, 0.1) is 16.8 Å². The summed E-state index contributed by atoms with van der Waals surface area (Å²) in [6.07, 6.45) is 0. The molecular weight excluding hydrogens is 272 g/mol. The van der Waals surface area contributed by atoms with Gasteiger partial charge in [0, 0.05) is 11.4 Å². The fourth-order valence-corrected chi connectivity index (χ4v) is 1.86. The van der Waals surface area contributed by atoms with E-state index in [9.17, 15) is 14.7 Å². The van der Waals surface area contributed by atoms with Crippen molar-refractivity contribution in [3.63, 3.8) is 0 Å². The molecule has 0 saturated carbocycles. The van der Waals surface area contributed by atoms with Gasteiger partial charge in [-0.3, -0.25) is 9.59 Å². The van der Waals surface area contributed by atoms with E-state index >= 15 is 0 Å². The molecule has 7 nitrogen and oxygen atoms in total. The predicted octanol–water partition coefficient (Wildman–Crippen LogP) is 0.908. The minimum atomic E-state index is -0.947. The monoisotopic (exact) mass is 286 g/mol. The number of benzene rings is 2. The first-order chi connectivity index (χ1) is 9.90. The maximum Gasteiger partial charge on any atom is 0.256 e. The van der Waals surface area contributed by atoms with Crippen LogP contribution >= 0.6 is 0 Å². The normalized spacial score (nSPS) is 10.1. The number of nitrogens with two attached hydrogens (primary N) is 3. The summed E-state index contributed by atoms with van der Waals surface area (Å²) in [5, 5.41) is 12.3. The van der Waals surface area contributed by atoms with Crippen LogP contribution in [-0.2, 0) is 0 Å². The smallest absolute Gasteiger partial charge is 0.256 e. The van der Waals surface area contributed by atoms with Crippen LogP contribution in [0, 0.1) is 0 Å². The highest BCUT2D eigenvalue weighted by atomic mass is 16.3. The number of carbonyl (C=O) groups is 2. The maximum absolute atomic E-state index is 12.2. The molecule has 0 aliphatic carbocycles. The molecule has 0 fully saturated rings. The number of rotatable bonds is 3. The van der Waals surface area contributed by atoms with Crippen LogP contribution in [0.4, 0.5) is 17.1 Å². The molecule has 2 rings (SSSR count). The van der Waals surface area contributed by atoms with Gasteiger partial charge >= 0.3 is 0 Å². The Balaban J connectivity index is 2.40.